The highest BCUT2D eigenvalue weighted by molar-refractivity contribution is 7.20. The van der Waals surface area contributed by atoms with Gasteiger partial charge in [0, 0.05) is 26.1 Å². The van der Waals surface area contributed by atoms with Gasteiger partial charge in [-0.25, -0.2) is 4.98 Å². The van der Waals surface area contributed by atoms with Gasteiger partial charge in [-0.05, 0) is 43.6 Å². The maximum Gasteiger partial charge on any atom is 0.264 e. The molecule has 2 aliphatic rings. The molecule has 134 valence electrons. The van der Waals surface area contributed by atoms with E-state index < -0.39 is 0 Å². The van der Waals surface area contributed by atoms with Gasteiger partial charge in [0.1, 0.15) is 10.7 Å². The summed E-state index contributed by atoms with van der Waals surface area (Å²) >= 11 is 1.40. The first-order valence-electron chi connectivity index (χ1n) is 9.27. The SMILES string of the molecule is Cc1c(C(=O)N2CC(C)CC(C)C2)sc2nc3n(c(=O)c12)CCCC3. The van der Waals surface area contributed by atoms with E-state index in [0.29, 0.717) is 22.1 Å². The number of amides is 1. The fraction of sp³-hybridized carbons (Fsp3) is 0.632. The monoisotopic (exact) mass is 359 g/mol. The van der Waals surface area contributed by atoms with Crippen molar-refractivity contribution in [1.82, 2.24) is 14.5 Å². The minimum atomic E-state index is 0.0351. The number of aryl methyl sites for hydroxylation is 2. The number of fused-ring (bicyclic) bond motifs is 2. The lowest BCUT2D eigenvalue weighted by Gasteiger charge is -2.34. The summed E-state index contributed by atoms with van der Waals surface area (Å²) in [5.41, 5.74) is 0.849. The summed E-state index contributed by atoms with van der Waals surface area (Å²) in [6.45, 7) is 8.67. The summed E-state index contributed by atoms with van der Waals surface area (Å²) < 4.78 is 1.81. The molecule has 0 radical (unpaired) electrons. The van der Waals surface area contributed by atoms with Gasteiger partial charge in [0.2, 0.25) is 0 Å². The third-order valence-corrected chi connectivity index (χ3v) is 6.69. The fourth-order valence-electron chi connectivity index (χ4n) is 4.41. The van der Waals surface area contributed by atoms with Crippen LogP contribution in [0.2, 0.25) is 0 Å². The van der Waals surface area contributed by atoms with Crippen molar-refractivity contribution in [2.75, 3.05) is 13.1 Å². The van der Waals surface area contributed by atoms with Gasteiger partial charge in [-0.15, -0.1) is 11.3 Å². The molecule has 2 atom stereocenters. The van der Waals surface area contributed by atoms with Crippen molar-refractivity contribution in [3.05, 3.63) is 26.6 Å². The maximum atomic E-state index is 13.1. The predicted octanol–water partition coefficient (Wildman–Crippen LogP) is 3.22. The van der Waals surface area contributed by atoms with Gasteiger partial charge in [-0.2, -0.15) is 0 Å². The molecule has 5 nitrogen and oxygen atoms in total. The van der Waals surface area contributed by atoms with Crippen LogP contribution in [0.3, 0.4) is 0 Å². The molecular formula is C19H25N3O2S. The highest BCUT2D eigenvalue weighted by Gasteiger charge is 2.29. The first kappa shape index (κ1) is 16.8. The molecule has 2 aliphatic heterocycles. The molecular weight excluding hydrogens is 334 g/mol. The van der Waals surface area contributed by atoms with Gasteiger partial charge >= 0.3 is 0 Å². The smallest absolute Gasteiger partial charge is 0.264 e. The molecule has 1 fully saturated rings. The third kappa shape index (κ3) is 2.80. The number of aromatic nitrogens is 2. The van der Waals surface area contributed by atoms with Gasteiger partial charge in [0.25, 0.3) is 11.5 Å². The Balaban J connectivity index is 1.78. The van der Waals surface area contributed by atoms with Crippen LogP contribution < -0.4 is 5.56 Å². The van der Waals surface area contributed by atoms with E-state index in [1.165, 1.54) is 17.8 Å². The molecule has 1 saturated heterocycles. The summed E-state index contributed by atoms with van der Waals surface area (Å²) in [6.07, 6.45) is 4.13. The average Bonchev–Trinajstić information content (AvgIpc) is 2.90. The molecule has 4 rings (SSSR count). The zero-order valence-electron chi connectivity index (χ0n) is 15.2. The normalized spacial score (nSPS) is 23.7. The lowest BCUT2D eigenvalue weighted by molar-refractivity contribution is 0.0627. The maximum absolute atomic E-state index is 13.1. The standard InChI is InChI=1S/C19H25N3O2S/c1-11-8-12(2)10-21(9-11)19(24)16-13(3)15-17(25-16)20-14-6-4-5-7-22(14)18(15)23/h11-12H,4-10H2,1-3H3. The number of nitrogens with zero attached hydrogens (tertiary/aromatic N) is 3. The summed E-state index contributed by atoms with van der Waals surface area (Å²) in [4.78, 5) is 34.2. The summed E-state index contributed by atoms with van der Waals surface area (Å²) in [6, 6.07) is 0. The van der Waals surface area contributed by atoms with E-state index in [1.54, 1.807) is 0 Å². The molecule has 2 aromatic rings. The fourth-order valence-corrected chi connectivity index (χ4v) is 5.57. The second-order valence-corrected chi connectivity index (χ2v) is 8.83. The van der Waals surface area contributed by atoms with Gasteiger partial charge in [0.05, 0.1) is 10.3 Å². The molecule has 0 bridgehead atoms. The van der Waals surface area contributed by atoms with Crippen molar-refractivity contribution >= 4 is 27.5 Å². The Bertz CT molecular complexity index is 888. The van der Waals surface area contributed by atoms with Crippen molar-refractivity contribution in [1.29, 1.82) is 0 Å². The van der Waals surface area contributed by atoms with Gasteiger partial charge in [0.15, 0.2) is 0 Å². The van der Waals surface area contributed by atoms with E-state index >= 15 is 0 Å². The molecule has 0 aliphatic carbocycles. The van der Waals surface area contributed by atoms with Crippen LogP contribution in [-0.2, 0) is 13.0 Å². The second kappa shape index (κ2) is 6.24. The molecule has 2 unspecified atom stereocenters. The zero-order valence-corrected chi connectivity index (χ0v) is 16.0. The van der Waals surface area contributed by atoms with Crippen molar-refractivity contribution in [2.45, 2.75) is 53.0 Å². The average molecular weight is 359 g/mol. The van der Waals surface area contributed by atoms with Crippen molar-refractivity contribution in [2.24, 2.45) is 11.8 Å². The minimum Gasteiger partial charge on any atom is -0.337 e. The molecule has 0 saturated carbocycles. The number of likely N-dealkylation sites (tertiary alicyclic amines) is 1. The molecule has 6 heteroatoms. The van der Waals surface area contributed by atoms with E-state index in [2.05, 4.69) is 13.8 Å². The van der Waals surface area contributed by atoms with Crippen LogP contribution in [0.25, 0.3) is 10.2 Å². The van der Waals surface area contributed by atoms with Crippen molar-refractivity contribution < 1.29 is 4.79 Å². The first-order chi connectivity index (χ1) is 12.0. The Morgan fingerprint density at radius 3 is 2.64 bits per heavy atom. The Morgan fingerprint density at radius 2 is 1.92 bits per heavy atom. The topological polar surface area (TPSA) is 55.2 Å². The van der Waals surface area contributed by atoms with E-state index in [4.69, 9.17) is 4.98 Å². The van der Waals surface area contributed by atoms with Crippen LogP contribution in [0.5, 0.6) is 0 Å². The number of carbonyl (C=O) groups is 1. The van der Waals surface area contributed by atoms with Crippen molar-refractivity contribution in [3.63, 3.8) is 0 Å². The van der Waals surface area contributed by atoms with Gasteiger partial charge in [-0.3, -0.25) is 14.2 Å². The highest BCUT2D eigenvalue weighted by Crippen LogP contribution is 2.31. The minimum absolute atomic E-state index is 0.0351. The number of hydrogen-bond acceptors (Lipinski definition) is 4. The number of hydrogen-bond donors (Lipinski definition) is 0. The van der Waals surface area contributed by atoms with Gasteiger partial charge in [-0.1, -0.05) is 13.8 Å². The summed E-state index contributed by atoms with van der Waals surface area (Å²) in [5.74, 6) is 2.00. The van der Waals surface area contributed by atoms with E-state index in [1.807, 2.05) is 16.4 Å². The van der Waals surface area contributed by atoms with E-state index in [0.717, 1.165) is 55.1 Å². The largest absolute Gasteiger partial charge is 0.337 e. The van der Waals surface area contributed by atoms with Crippen molar-refractivity contribution in [3.8, 4) is 0 Å². The van der Waals surface area contributed by atoms with E-state index in [-0.39, 0.29) is 11.5 Å². The van der Waals surface area contributed by atoms with Crippen LogP contribution in [0.15, 0.2) is 4.79 Å². The molecule has 0 aromatic carbocycles. The van der Waals surface area contributed by atoms with Crippen LogP contribution in [0.4, 0.5) is 0 Å². The number of thiophene rings is 1. The molecule has 25 heavy (non-hydrogen) atoms. The number of rotatable bonds is 1. The second-order valence-electron chi connectivity index (χ2n) is 7.83. The zero-order chi connectivity index (χ0) is 17.7. The highest BCUT2D eigenvalue weighted by atomic mass is 32.1. The number of carbonyl (C=O) groups excluding carboxylic acids is 1. The first-order valence-corrected chi connectivity index (χ1v) is 10.1. The Morgan fingerprint density at radius 1 is 1.20 bits per heavy atom. The molecule has 1 amide bonds. The third-order valence-electron chi connectivity index (χ3n) is 5.51. The Kier molecular flexibility index (Phi) is 4.18. The lowest BCUT2D eigenvalue weighted by Crippen LogP contribution is -2.42. The Labute approximate surface area is 151 Å². The van der Waals surface area contributed by atoms with Crippen LogP contribution >= 0.6 is 11.3 Å². The lowest BCUT2D eigenvalue weighted by atomic mass is 9.92. The summed E-state index contributed by atoms with van der Waals surface area (Å²) in [7, 11) is 0. The summed E-state index contributed by atoms with van der Waals surface area (Å²) in [5, 5.41) is 0.650. The molecule has 4 heterocycles. The van der Waals surface area contributed by atoms with Gasteiger partial charge < -0.3 is 4.90 Å². The molecule has 2 aromatic heterocycles. The molecule has 0 N–H and O–H groups in total. The predicted molar refractivity (Wildman–Crippen MR) is 100 cm³/mol. The number of piperidine rings is 1. The van der Waals surface area contributed by atoms with Crippen LogP contribution in [0.1, 0.15) is 54.2 Å². The van der Waals surface area contributed by atoms with Crippen LogP contribution in [0, 0.1) is 18.8 Å². The van der Waals surface area contributed by atoms with E-state index in [9.17, 15) is 9.59 Å². The Hall–Kier alpha value is -1.69. The quantitative estimate of drug-likeness (QED) is 0.785. The molecule has 0 spiro atoms. The van der Waals surface area contributed by atoms with Crippen LogP contribution in [-0.4, -0.2) is 33.4 Å².